The first-order chi connectivity index (χ1) is 5.36. The Kier molecular flexibility index (Phi) is 3.19. The molecule has 4 heteroatoms. The van der Waals surface area contributed by atoms with Crippen molar-refractivity contribution in [2.45, 2.75) is 4.90 Å². The molecule has 1 N–H and O–H groups in total. The lowest BCUT2D eigenvalue weighted by Crippen LogP contribution is -1.91. The van der Waals surface area contributed by atoms with E-state index in [0.29, 0.717) is 5.88 Å². The maximum atomic E-state index is 4.91. The third-order valence-electron chi connectivity index (χ3n) is 1.14. The molecule has 1 rings (SSSR count). The Morgan fingerprint density at radius 1 is 1.55 bits per heavy atom. The third-order valence-corrected chi connectivity index (χ3v) is 1.82. The predicted octanol–water partition coefficient (Wildman–Crippen LogP) is 1.32. The van der Waals surface area contributed by atoms with Gasteiger partial charge >= 0.3 is 0 Å². The predicted molar refractivity (Wildman–Crippen MR) is 45.7 cm³/mol. The van der Waals surface area contributed by atoms with E-state index in [1.165, 1.54) is 11.9 Å². The van der Waals surface area contributed by atoms with Crippen molar-refractivity contribution in [1.29, 1.82) is 0 Å². The zero-order chi connectivity index (χ0) is 8.10. The highest BCUT2D eigenvalue weighted by Crippen LogP contribution is 2.14. The second-order valence-electron chi connectivity index (χ2n) is 1.84. The van der Waals surface area contributed by atoms with Crippen LogP contribution in [0, 0.1) is 0 Å². The standard InChI is InChI=1S/C7H10N2OS/c1-8-11-6-3-4-7(10-2)9-5-6/h3-5,8H,1-2H3. The number of aromatic nitrogens is 1. The molecule has 0 bridgehead atoms. The molecule has 1 heterocycles. The molecule has 0 aliphatic rings. The summed E-state index contributed by atoms with van der Waals surface area (Å²) in [6.07, 6.45) is 1.76. The largest absolute Gasteiger partial charge is 0.481 e. The normalized spacial score (nSPS) is 9.64. The Morgan fingerprint density at radius 2 is 2.36 bits per heavy atom. The Balaban J connectivity index is 2.66. The molecule has 3 nitrogen and oxygen atoms in total. The molecule has 0 saturated heterocycles. The molecule has 0 aliphatic carbocycles. The molecular formula is C7H10N2OS. The fourth-order valence-electron chi connectivity index (χ4n) is 0.666. The van der Waals surface area contributed by atoms with Gasteiger partial charge < -0.3 is 4.74 Å². The van der Waals surface area contributed by atoms with Gasteiger partial charge in [-0.25, -0.2) is 4.98 Å². The van der Waals surface area contributed by atoms with Crippen LogP contribution in [0.3, 0.4) is 0 Å². The molecule has 0 aromatic carbocycles. The number of nitrogens with zero attached hydrogens (tertiary/aromatic N) is 1. The van der Waals surface area contributed by atoms with E-state index in [-0.39, 0.29) is 0 Å². The number of methoxy groups -OCH3 is 1. The maximum absolute atomic E-state index is 4.91. The quantitative estimate of drug-likeness (QED) is 0.694. The molecule has 0 spiro atoms. The Morgan fingerprint density at radius 3 is 2.82 bits per heavy atom. The van der Waals surface area contributed by atoms with Crippen LogP contribution in [-0.2, 0) is 0 Å². The average molecular weight is 170 g/mol. The van der Waals surface area contributed by atoms with Gasteiger partial charge in [-0.3, -0.25) is 4.72 Å². The molecule has 1 aromatic heterocycles. The molecule has 1 aromatic rings. The van der Waals surface area contributed by atoms with Gasteiger partial charge in [0.25, 0.3) is 0 Å². The summed E-state index contributed by atoms with van der Waals surface area (Å²) in [4.78, 5) is 5.11. The minimum atomic E-state index is 0.644. The van der Waals surface area contributed by atoms with E-state index >= 15 is 0 Å². The highest BCUT2D eigenvalue weighted by molar-refractivity contribution is 7.97. The minimum Gasteiger partial charge on any atom is -0.481 e. The van der Waals surface area contributed by atoms with Gasteiger partial charge in [-0.2, -0.15) is 0 Å². The van der Waals surface area contributed by atoms with E-state index in [1.807, 2.05) is 19.2 Å². The summed E-state index contributed by atoms with van der Waals surface area (Å²) in [5.41, 5.74) is 0. The van der Waals surface area contributed by atoms with Crippen LogP contribution in [0.4, 0.5) is 0 Å². The molecule has 0 fully saturated rings. The molecule has 0 amide bonds. The second kappa shape index (κ2) is 4.20. The summed E-state index contributed by atoms with van der Waals surface area (Å²) in [5.74, 6) is 0.644. The van der Waals surface area contributed by atoms with Gasteiger partial charge in [0.05, 0.1) is 7.11 Å². The first kappa shape index (κ1) is 8.36. The fraction of sp³-hybridized carbons (Fsp3) is 0.286. The molecule has 60 valence electrons. The van der Waals surface area contributed by atoms with E-state index in [4.69, 9.17) is 4.74 Å². The highest BCUT2D eigenvalue weighted by atomic mass is 32.2. The van der Waals surface area contributed by atoms with Crippen LogP contribution in [0.15, 0.2) is 23.2 Å². The van der Waals surface area contributed by atoms with Crippen LogP contribution in [0.5, 0.6) is 5.88 Å². The summed E-state index contributed by atoms with van der Waals surface area (Å²) in [6.45, 7) is 0. The minimum absolute atomic E-state index is 0.644. The Hall–Kier alpha value is -0.740. The number of ether oxygens (including phenoxy) is 1. The van der Waals surface area contributed by atoms with Crippen molar-refractivity contribution in [3.05, 3.63) is 18.3 Å². The summed E-state index contributed by atoms with van der Waals surface area (Å²) in [6, 6.07) is 3.78. The van der Waals surface area contributed by atoms with Crippen molar-refractivity contribution in [1.82, 2.24) is 9.71 Å². The third kappa shape index (κ3) is 2.40. The van der Waals surface area contributed by atoms with Gasteiger partial charge in [0, 0.05) is 17.2 Å². The summed E-state index contributed by atoms with van der Waals surface area (Å²) < 4.78 is 7.86. The average Bonchev–Trinajstić information content (AvgIpc) is 2.07. The summed E-state index contributed by atoms with van der Waals surface area (Å²) >= 11 is 1.53. The fourth-order valence-corrected chi connectivity index (χ4v) is 1.14. The summed E-state index contributed by atoms with van der Waals surface area (Å²) in [5, 5.41) is 0. The molecule has 0 radical (unpaired) electrons. The Labute approximate surface area is 70.3 Å². The number of rotatable bonds is 3. The smallest absolute Gasteiger partial charge is 0.212 e. The van der Waals surface area contributed by atoms with E-state index in [1.54, 1.807) is 13.3 Å². The van der Waals surface area contributed by atoms with Crippen LogP contribution in [-0.4, -0.2) is 19.1 Å². The van der Waals surface area contributed by atoms with Gasteiger partial charge in [-0.15, -0.1) is 0 Å². The first-order valence-corrected chi connectivity index (χ1v) is 4.02. The number of nitrogens with one attached hydrogen (secondary N) is 1. The van der Waals surface area contributed by atoms with Crippen molar-refractivity contribution >= 4 is 11.9 Å². The van der Waals surface area contributed by atoms with Gasteiger partial charge in [0.1, 0.15) is 0 Å². The topological polar surface area (TPSA) is 34.1 Å². The Bertz CT molecular complexity index is 212. The van der Waals surface area contributed by atoms with Gasteiger partial charge in [0.2, 0.25) is 5.88 Å². The summed E-state index contributed by atoms with van der Waals surface area (Å²) in [7, 11) is 3.47. The maximum Gasteiger partial charge on any atom is 0.212 e. The number of hydrogen-bond donors (Lipinski definition) is 1. The van der Waals surface area contributed by atoms with Crippen molar-refractivity contribution in [2.75, 3.05) is 14.2 Å². The molecule has 0 aliphatic heterocycles. The van der Waals surface area contributed by atoms with Crippen molar-refractivity contribution in [3.8, 4) is 5.88 Å². The van der Waals surface area contributed by atoms with E-state index in [9.17, 15) is 0 Å². The molecule has 0 atom stereocenters. The van der Waals surface area contributed by atoms with Crippen LogP contribution in [0.1, 0.15) is 0 Å². The number of pyridine rings is 1. The second-order valence-corrected chi connectivity index (χ2v) is 2.93. The first-order valence-electron chi connectivity index (χ1n) is 3.20. The van der Waals surface area contributed by atoms with Crippen LogP contribution in [0.25, 0.3) is 0 Å². The number of hydrogen-bond acceptors (Lipinski definition) is 4. The molecule has 0 saturated carbocycles. The van der Waals surface area contributed by atoms with Crippen molar-refractivity contribution in [3.63, 3.8) is 0 Å². The zero-order valence-corrected chi connectivity index (χ0v) is 7.31. The van der Waals surface area contributed by atoms with Gasteiger partial charge in [-0.05, 0) is 25.1 Å². The molecular weight excluding hydrogens is 160 g/mol. The molecule has 0 unspecified atom stereocenters. The lowest BCUT2D eigenvalue weighted by Gasteiger charge is -1.99. The van der Waals surface area contributed by atoms with E-state index < -0.39 is 0 Å². The van der Waals surface area contributed by atoms with E-state index in [2.05, 4.69) is 9.71 Å². The zero-order valence-electron chi connectivity index (χ0n) is 6.50. The van der Waals surface area contributed by atoms with Gasteiger partial charge in [-0.1, -0.05) is 0 Å². The van der Waals surface area contributed by atoms with Crippen molar-refractivity contribution in [2.24, 2.45) is 0 Å². The van der Waals surface area contributed by atoms with Crippen LogP contribution in [0.2, 0.25) is 0 Å². The van der Waals surface area contributed by atoms with Crippen LogP contribution < -0.4 is 9.46 Å². The monoisotopic (exact) mass is 170 g/mol. The highest BCUT2D eigenvalue weighted by Gasteiger charge is 1.93. The lowest BCUT2D eigenvalue weighted by atomic mass is 10.5. The lowest BCUT2D eigenvalue weighted by molar-refractivity contribution is 0.397. The molecule has 11 heavy (non-hydrogen) atoms. The van der Waals surface area contributed by atoms with E-state index in [0.717, 1.165) is 4.90 Å². The van der Waals surface area contributed by atoms with Gasteiger partial charge in [0.15, 0.2) is 0 Å². The van der Waals surface area contributed by atoms with Crippen LogP contribution >= 0.6 is 11.9 Å². The van der Waals surface area contributed by atoms with Crippen molar-refractivity contribution < 1.29 is 4.74 Å². The SMILES string of the molecule is CNSc1ccc(OC)nc1.